The van der Waals surface area contributed by atoms with E-state index in [1.165, 1.54) is 12.8 Å². The number of amides is 1. The van der Waals surface area contributed by atoms with Gasteiger partial charge >= 0.3 is 0 Å². The topological polar surface area (TPSA) is 79.8 Å². The number of hydrogen-bond acceptors (Lipinski definition) is 7. The number of hydrogen-bond donors (Lipinski definition) is 1. The molecule has 0 spiro atoms. The molecule has 0 saturated heterocycles. The van der Waals surface area contributed by atoms with Crippen LogP contribution in [0.2, 0.25) is 0 Å². The van der Waals surface area contributed by atoms with Crippen LogP contribution >= 0.6 is 0 Å². The van der Waals surface area contributed by atoms with E-state index in [1.54, 1.807) is 6.33 Å². The van der Waals surface area contributed by atoms with Crippen molar-refractivity contribution in [3.63, 3.8) is 0 Å². The van der Waals surface area contributed by atoms with Gasteiger partial charge in [0.05, 0.1) is 18.7 Å². The fourth-order valence-corrected chi connectivity index (χ4v) is 4.44. The molecule has 152 valence electrons. The summed E-state index contributed by atoms with van der Waals surface area (Å²) in [6.07, 6.45) is 6.11. The van der Waals surface area contributed by atoms with Gasteiger partial charge in [0.2, 0.25) is 12.7 Å². The second-order valence-electron chi connectivity index (χ2n) is 7.88. The number of nitrogens with one attached hydrogen (secondary N) is 1. The first-order valence-electron chi connectivity index (χ1n) is 10.2. The summed E-state index contributed by atoms with van der Waals surface area (Å²) in [5.41, 5.74) is 2.06. The van der Waals surface area contributed by atoms with Crippen molar-refractivity contribution in [3.8, 4) is 11.5 Å². The Morgan fingerprint density at radius 3 is 2.83 bits per heavy atom. The summed E-state index contributed by atoms with van der Waals surface area (Å²) in [6, 6.07) is 6.24. The van der Waals surface area contributed by atoms with Crippen LogP contribution in [0.3, 0.4) is 0 Å². The van der Waals surface area contributed by atoms with Crippen LogP contribution in [0.1, 0.15) is 36.8 Å². The van der Waals surface area contributed by atoms with E-state index in [0.717, 1.165) is 47.1 Å². The van der Waals surface area contributed by atoms with Crippen LogP contribution < -0.4 is 19.7 Å². The SMILES string of the molecule is CN1CC(=O)N(C2CCCC2)Cc2c(NCc3ccc4c(c3)OCO4)ncnc21. The van der Waals surface area contributed by atoms with E-state index in [4.69, 9.17) is 9.47 Å². The quantitative estimate of drug-likeness (QED) is 0.852. The van der Waals surface area contributed by atoms with Gasteiger partial charge in [-0.05, 0) is 30.5 Å². The summed E-state index contributed by atoms with van der Waals surface area (Å²) < 4.78 is 10.8. The summed E-state index contributed by atoms with van der Waals surface area (Å²) in [5, 5.41) is 3.44. The van der Waals surface area contributed by atoms with Crippen LogP contribution in [0.4, 0.5) is 11.6 Å². The molecule has 1 fully saturated rings. The van der Waals surface area contributed by atoms with Crippen molar-refractivity contribution in [2.45, 2.75) is 44.8 Å². The highest BCUT2D eigenvalue weighted by Crippen LogP contribution is 2.34. The maximum absolute atomic E-state index is 12.9. The third-order valence-corrected chi connectivity index (χ3v) is 5.97. The summed E-state index contributed by atoms with van der Waals surface area (Å²) in [6.45, 7) is 1.76. The molecule has 1 N–H and O–H groups in total. The Hall–Kier alpha value is -3.03. The standard InChI is InChI=1S/C21H25N5O3/c1-25-11-19(27)26(15-4-2-3-5-15)10-16-20(23-12-24-21(16)25)22-9-14-6-7-17-18(8-14)29-13-28-17/h6-8,12,15H,2-5,9-11,13H2,1H3,(H,22,23,24). The molecule has 1 aromatic carbocycles. The predicted molar refractivity (Wildman–Crippen MR) is 108 cm³/mol. The second kappa shape index (κ2) is 7.42. The van der Waals surface area contributed by atoms with Crippen molar-refractivity contribution in [3.05, 3.63) is 35.7 Å². The zero-order valence-electron chi connectivity index (χ0n) is 16.6. The molecule has 2 aromatic rings. The molecule has 0 unspecified atom stereocenters. The Morgan fingerprint density at radius 2 is 1.97 bits per heavy atom. The molecule has 0 radical (unpaired) electrons. The van der Waals surface area contributed by atoms with Gasteiger partial charge in [0, 0.05) is 19.6 Å². The van der Waals surface area contributed by atoms with Crippen LogP contribution in [-0.2, 0) is 17.9 Å². The number of nitrogens with zero attached hydrogens (tertiary/aromatic N) is 4. The van der Waals surface area contributed by atoms with Crippen LogP contribution in [0.25, 0.3) is 0 Å². The van der Waals surface area contributed by atoms with E-state index >= 15 is 0 Å². The first-order valence-corrected chi connectivity index (χ1v) is 10.2. The van der Waals surface area contributed by atoms with Gasteiger partial charge in [0.1, 0.15) is 18.0 Å². The number of carbonyl (C=O) groups is 1. The van der Waals surface area contributed by atoms with Crippen LogP contribution in [0.15, 0.2) is 24.5 Å². The minimum Gasteiger partial charge on any atom is -0.454 e. The number of benzene rings is 1. The fraction of sp³-hybridized carbons (Fsp3) is 0.476. The molecule has 2 aliphatic heterocycles. The summed E-state index contributed by atoms with van der Waals surface area (Å²) in [5.74, 6) is 3.30. The normalized spacial score (nSPS) is 18.7. The monoisotopic (exact) mass is 395 g/mol. The Labute approximate surface area is 169 Å². The third kappa shape index (κ3) is 3.43. The minimum atomic E-state index is 0.166. The highest BCUT2D eigenvalue weighted by molar-refractivity contribution is 5.84. The molecular formula is C21H25N5O3. The zero-order valence-corrected chi connectivity index (χ0v) is 16.6. The molecule has 1 aliphatic carbocycles. The van der Waals surface area contributed by atoms with Gasteiger partial charge in [-0.1, -0.05) is 18.9 Å². The lowest BCUT2D eigenvalue weighted by Crippen LogP contribution is -2.41. The molecule has 8 heteroatoms. The summed E-state index contributed by atoms with van der Waals surface area (Å²) in [7, 11) is 1.92. The average molecular weight is 395 g/mol. The Morgan fingerprint density at radius 1 is 1.14 bits per heavy atom. The highest BCUT2D eigenvalue weighted by Gasteiger charge is 2.32. The van der Waals surface area contributed by atoms with Crippen LogP contribution in [0.5, 0.6) is 11.5 Å². The lowest BCUT2D eigenvalue weighted by atomic mass is 10.1. The molecule has 29 heavy (non-hydrogen) atoms. The number of aromatic nitrogens is 2. The first-order chi connectivity index (χ1) is 14.2. The van der Waals surface area contributed by atoms with Gasteiger partial charge in [-0.15, -0.1) is 0 Å². The molecular weight excluding hydrogens is 370 g/mol. The van der Waals surface area contributed by atoms with Crippen molar-refractivity contribution in [1.82, 2.24) is 14.9 Å². The maximum atomic E-state index is 12.9. The number of likely N-dealkylation sites (N-methyl/N-ethyl adjacent to an activating group) is 1. The Bertz CT molecular complexity index is 929. The number of carbonyl (C=O) groups excluding carboxylic acids is 1. The lowest BCUT2D eigenvalue weighted by Gasteiger charge is -2.28. The van der Waals surface area contributed by atoms with Crippen molar-refractivity contribution in [2.24, 2.45) is 0 Å². The fourth-order valence-electron chi connectivity index (χ4n) is 4.44. The Kier molecular flexibility index (Phi) is 4.61. The molecule has 5 rings (SSSR count). The van der Waals surface area contributed by atoms with Crippen LogP contribution in [-0.4, -0.2) is 47.2 Å². The molecule has 1 aromatic heterocycles. The highest BCUT2D eigenvalue weighted by atomic mass is 16.7. The van der Waals surface area contributed by atoms with E-state index < -0.39 is 0 Å². The van der Waals surface area contributed by atoms with Crippen molar-refractivity contribution < 1.29 is 14.3 Å². The van der Waals surface area contributed by atoms with Crippen molar-refractivity contribution in [1.29, 1.82) is 0 Å². The predicted octanol–water partition coefficient (Wildman–Crippen LogP) is 2.54. The van der Waals surface area contributed by atoms with Gasteiger partial charge in [-0.3, -0.25) is 4.79 Å². The summed E-state index contributed by atoms with van der Waals surface area (Å²) >= 11 is 0. The number of anilines is 2. The molecule has 1 saturated carbocycles. The number of ether oxygens (including phenoxy) is 2. The second-order valence-corrected chi connectivity index (χ2v) is 7.88. The van der Waals surface area contributed by atoms with Gasteiger partial charge in [0.15, 0.2) is 11.5 Å². The smallest absolute Gasteiger partial charge is 0.242 e. The van der Waals surface area contributed by atoms with E-state index in [1.807, 2.05) is 35.0 Å². The number of fused-ring (bicyclic) bond motifs is 2. The largest absolute Gasteiger partial charge is 0.454 e. The van der Waals surface area contributed by atoms with Gasteiger partial charge in [0.25, 0.3) is 0 Å². The molecule has 1 amide bonds. The zero-order chi connectivity index (χ0) is 19.8. The lowest BCUT2D eigenvalue weighted by molar-refractivity contribution is -0.132. The molecule has 3 heterocycles. The average Bonchev–Trinajstić information content (AvgIpc) is 3.39. The van der Waals surface area contributed by atoms with E-state index in [0.29, 0.717) is 25.7 Å². The van der Waals surface area contributed by atoms with Gasteiger partial charge < -0.3 is 24.6 Å². The molecule has 0 bridgehead atoms. The Balaban J connectivity index is 1.40. The maximum Gasteiger partial charge on any atom is 0.242 e. The molecule has 0 atom stereocenters. The first kappa shape index (κ1) is 18.0. The minimum absolute atomic E-state index is 0.166. The van der Waals surface area contributed by atoms with Gasteiger partial charge in [-0.25, -0.2) is 9.97 Å². The van der Waals surface area contributed by atoms with E-state index in [9.17, 15) is 4.79 Å². The molecule has 8 nitrogen and oxygen atoms in total. The van der Waals surface area contributed by atoms with E-state index in [-0.39, 0.29) is 12.7 Å². The van der Waals surface area contributed by atoms with Crippen molar-refractivity contribution in [2.75, 3.05) is 30.6 Å². The van der Waals surface area contributed by atoms with Crippen molar-refractivity contribution >= 4 is 17.5 Å². The third-order valence-electron chi connectivity index (χ3n) is 5.97. The number of rotatable bonds is 4. The van der Waals surface area contributed by atoms with E-state index in [2.05, 4.69) is 15.3 Å². The van der Waals surface area contributed by atoms with Gasteiger partial charge in [-0.2, -0.15) is 0 Å². The van der Waals surface area contributed by atoms with Crippen LogP contribution in [0, 0.1) is 0 Å². The summed E-state index contributed by atoms with van der Waals surface area (Å²) in [4.78, 5) is 25.8. The molecule has 3 aliphatic rings.